The van der Waals surface area contributed by atoms with Crippen LogP contribution in [0.2, 0.25) is 0 Å². The number of hydrogen-bond donors (Lipinski definition) is 4. The van der Waals surface area contributed by atoms with E-state index < -0.39 is 0 Å². The highest BCUT2D eigenvalue weighted by molar-refractivity contribution is 4.73. The standard InChI is InChI=1S/2C8H18O2/c1-4-8(3,6-9)5-7(2)10;1-4-8(7(3)10)6(2)5-9/h7,9-10H,4-6H2,1-3H3;6-10H,4-5H2,1-3H3. The first-order valence-corrected chi connectivity index (χ1v) is 7.75. The molecular weight excluding hydrogens is 256 g/mol. The predicted octanol–water partition coefficient (Wildman–Crippen LogP) is 2.19. The van der Waals surface area contributed by atoms with E-state index in [1.165, 1.54) is 0 Å². The third-order valence-corrected chi connectivity index (χ3v) is 4.13. The van der Waals surface area contributed by atoms with Crippen molar-refractivity contribution < 1.29 is 20.4 Å². The molecule has 20 heavy (non-hydrogen) atoms. The Labute approximate surface area is 124 Å². The summed E-state index contributed by atoms with van der Waals surface area (Å²) in [6, 6.07) is 0. The van der Waals surface area contributed by atoms with E-state index in [2.05, 4.69) is 0 Å². The van der Waals surface area contributed by atoms with Crippen molar-refractivity contribution in [1.29, 1.82) is 0 Å². The molecule has 5 unspecified atom stereocenters. The maximum atomic E-state index is 9.20. The van der Waals surface area contributed by atoms with Gasteiger partial charge in [0.1, 0.15) is 0 Å². The summed E-state index contributed by atoms with van der Waals surface area (Å²) in [5.41, 5.74) is -0.0891. The Morgan fingerprint density at radius 1 is 1.00 bits per heavy atom. The van der Waals surface area contributed by atoms with Crippen molar-refractivity contribution in [2.45, 2.75) is 73.0 Å². The van der Waals surface area contributed by atoms with Crippen LogP contribution in [0, 0.1) is 17.3 Å². The first kappa shape index (κ1) is 22.1. The van der Waals surface area contributed by atoms with Gasteiger partial charge in [0.05, 0.1) is 12.2 Å². The van der Waals surface area contributed by atoms with Gasteiger partial charge in [-0.05, 0) is 43.9 Å². The van der Waals surface area contributed by atoms with Crippen LogP contribution in [0.15, 0.2) is 0 Å². The van der Waals surface area contributed by atoms with E-state index in [-0.39, 0.29) is 42.7 Å². The fourth-order valence-electron chi connectivity index (χ4n) is 2.39. The van der Waals surface area contributed by atoms with Gasteiger partial charge in [0, 0.05) is 13.2 Å². The summed E-state index contributed by atoms with van der Waals surface area (Å²) in [6.07, 6.45) is 1.91. The molecular formula is C16H36O4. The third-order valence-electron chi connectivity index (χ3n) is 4.13. The topological polar surface area (TPSA) is 80.9 Å². The smallest absolute Gasteiger partial charge is 0.0543 e. The van der Waals surface area contributed by atoms with Crippen LogP contribution < -0.4 is 0 Å². The first-order valence-electron chi connectivity index (χ1n) is 7.75. The van der Waals surface area contributed by atoms with Crippen molar-refractivity contribution >= 4 is 0 Å². The summed E-state index contributed by atoms with van der Waals surface area (Å²) in [5, 5.41) is 35.9. The van der Waals surface area contributed by atoms with Crippen LogP contribution in [0.25, 0.3) is 0 Å². The molecule has 4 nitrogen and oxygen atoms in total. The molecule has 0 bridgehead atoms. The highest BCUT2D eigenvalue weighted by Gasteiger charge is 2.22. The van der Waals surface area contributed by atoms with Crippen LogP contribution in [-0.4, -0.2) is 45.8 Å². The molecule has 0 saturated heterocycles. The second-order valence-corrected chi connectivity index (χ2v) is 6.35. The van der Waals surface area contributed by atoms with E-state index in [9.17, 15) is 5.11 Å². The van der Waals surface area contributed by atoms with Crippen molar-refractivity contribution in [2.24, 2.45) is 17.3 Å². The van der Waals surface area contributed by atoms with E-state index in [4.69, 9.17) is 15.3 Å². The summed E-state index contributed by atoms with van der Waals surface area (Å²) in [7, 11) is 0. The molecule has 0 aromatic carbocycles. The zero-order chi connectivity index (χ0) is 16.3. The van der Waals surface area contributed by atoms with Gasteiger partial charge < -0.3 is 20.4 Å². The number of aliphatic hydroxyl groups excluding tert-OH is 4. The molecule has 0 aromatic rings. The summed E-state index contributed by atoms with van der Waals surface area (Å²) in [5.74, 6) is 0.454. The quantitative estimate of drug-likeness (QED) is 0.553. The maximum absolute atomic E-state index is 9.20. The Balaban J connectivity index is 0. The molecule has 0 heterocycles. The van der Waals surface area contributed by atoms with Gasteiger partial charge >= 0.3 is 0 Å². The molecule has 0 aliphatic heterocycles. The average Bonchev–Trinajstić information content (AvgIpc) is 2.38. The van der Waals surface area contributed by atoms with Gasteiger partial charge in [-0.2, -0.15) is 0 Å². The molecule has 5 atom stereocenters. The summed E-state index contributed by atoms with van der Waals surface area (Å²) in [4.78, 5) is 0. The van der Waals surface area contributed by atoms with E-state index in [1.807, 2.05) is 27.7 Å². The number of rotatable bonds is 8. The van der Waals surface area contributed by atoms with E-state index in [0.29, 0.717) is 6.42 Å². The number of aliphatic hydroxyl groups is 4. The largest absolute Gasteiger partial charge is 0.396 e. The molecule has 0 aliphatic carbocycles. The molecule has 0 fully saturated rings. The fraction of sp³-hybridized carbons (Fsp3) is 1.00. The zero-order valence-corrected chi connectivity index (χ0v) is 14.1. The Morgan fingerprint density at radius 2 is 1.50 bits per heavy atom. The molecule has 0 rings (SSSR count). The Hall–Kier alpha value is -0.160. The summed E-state index contributed by atoms with van der Waals surface area (Å²) in [6.45, 7) is 11.9. The number of hydrogen-bond acceptors (Lipinski definition) is 4. The van der Waals surface area contributed by atoms with E-state index >= 15 is 0 Å². The van der Waals surface area contributed by atoms with Gasteiger partial charge in [-0.25, -0.2) is 0 Å². The third kappa shape index (κ3) is 9.70. The lowest BCUT2D eigenvalue weighted by Gasteiger charge is -2.26. The minimum absolute atomic E-state index is 0.0891. The van der Waals surface area contributed by atoms with Crippen LogP contribution in [0.5, 0.6) is 0 Å². The van der Waals surface area contributed by atoms with Crippen LogP contribution in [-0.2, 0) is 0 Å². The molecule has 0 saturated carbocycles. The van der Waals surface area contributed by atoms with Crippen LogP contribution in [0.3, 0.4) is 0 Å². The highest BCUT2D eigenvalue weighted by atomic mass is 16.3. The molecule has 4 heteroatoms. The Kier molecular flexibility index (Phi) is 12.7. The van der Waals surface area contributed by atoms with Crippen LogP contribution in [0.4, 0.5) is 0 Å². The maximum Gasteiger partial charge on any atom is 0.0543 e. The van der Waals surface area contributed by atoms with Crippen LogP contribution in [0.1, 0.15) is 60.8 Å². The first-order chi connectivity index (χ1) is 9.17. The van der Waals surface area contributed by atoms with Crippen molar-refractivity contribution in [2.75, 3.05) is 13.2 Å². The van der Waals surface area contributed by atoms with E-state index in [1.54, 1.807) is 13.8 Å². The Bertz CT molecular complexity index is 213. The fourth-order valence-corrected chi connectivity index (χ4v) is 2.39. The zero-order valence-electron chi connectivity index (χ0n) is 14.1. The molecule has 0 radical (unpaired) electrons. The lowest BCUT2D eigenvalue weighted by atomic mass is 9.83. The minimum Gasteiger partial charge on any atom is -0.396 e. The second kappa shape index (κ2) is 11.5. The molecule has 0 spiro atoms. The molecule has 0 aliphatic rings. The summed E-state index contributed by atoms with van der Waals surface area (Å²) < 4.78 is 0. The van der Waals surface area contributed by atoms with Crippen molar-refractivity contribution in [1.82, 2.24) is 0 Å². The normalized spacial score (nSPS) is 20.1. The second-order valence-electron chi connectivity index (χ2n) is 6.35. The molecule has 0 aromatic heterocycles. The highest BCUT2D eigenvalue weighted by Crippen LogP contribution is 2.26. The van der Waals surface area contributed by atoms with Gasteiger partial charge in [-0.1, -0.05) is 34.1 Å². The lowest BCUT2D eigenvalue weighted by molar-refractivity contribution is 0.0650. The van der Waals surface area contributed by atoms with Crippen molar-refractivity contribution in [3.05, 3.63) is 0 Å². The van der Waals surface area contributed by atoms with Gasteiger partial charge in [-0.15, -0.1) is 0 Å². The van der Waals surface area contributed by atoms with Gasteiger partial charge in [-0.3, -0.25) is 0 Å². The molecule has 124 valence electrons. The molecule has 0 amide bonds. The monoisotopic (exact) mass is 292 g/mol. The van der Waals surface area contributed by atoms with Crippen LogP contribution >= 0.6 is 0 Å². The van der Waals surface area contributed by atoms with E-state index in [0.717, 1.165) is 12.8 Å². The lowest BCUT2D eigenvalue weighted by Crippen LogP contribution is -2.25. The van der Waals surface area contributed by atoms with Crippen molar-refractivity contribution in [3.8, 4) is 0 Å². The Morgan fingerprint density at radius 3 is 1.60 bits per heavy atom. The van der Waals surface area contributed by atoms with Gasteiger partial charge in [0.15, 0.2) is 0 Å². The van der Waals surface area contributed by atoms with Crippen molar-refractivity contribution in [3.63, 3.8) is 0 Å². The SMILES string of the molecule is CCC(C(C)O)C(C)CO.CCC(C)(CO)CC(C)O. The molecule has 4 N–H and O–H groups in total. The minimum atomic E-state index is -0.308. The summed E-state index contributed by atoms with van der Waals surface area (Å²) >= 11 is 0. The average molecular weight is 292 g/mol. The predicted molar refractivity (Wildman–Crippen MR) is 83.5 cm³/mol. The van der Waals surface area contributed by atoms with Gasteiger partial charge in [0.25, 0.3) is 0 Å². The van der Waals surface area contributed by atoms with Gasteiger partial charge in [0.2, 0.25) is 0 Å².